The summed E-state index contributed by atoms with van der Waals surface area (Å²) in [6.45, 7) is 4.30. The molecule has 1 heterocycles. The number of hydrogen-bond donors (Lipinski definition) is 2. The summed E-state index contributed by atoms with van der Waals surface area (Å²) in [6, 6.07) is 0. The molecule has 1 aliphatic heterocycles. The number of piperidine rings is 1. The summed E-state index contributed by atoms with van der Waals surface area (Å²) in [5.41, 5.74) is 0. The maximum atomic E-state index is 9.51. The number of fused-ring (bicyclic) bond motifs is 2. The van der Waals surface area contributed by atoms with Gasteiger partial charge in [-0.25, -0.2) is 0 Å². The van der Waals surface area contributed by atoms with Crippen molar-refractivity contribution in [2.45, 2.75) is 32.3 Å². The molecule has 2 unspecified atom stereocenters. The molecule has 2 bridgehead atoms. The van der Waals surface area contributed by atoms with E-state index in [9.17, 15) is 5.11 Å². The zero-order valence-electron chi connectivity index (χ0n) is 7.79. The molecule has 2 rings (SSSR count). The maximum absolute atomic E-state index is 9.51. The highest BCUT2D eigenvalue weighted by molar-refractivity contribution is 4.86. The predicted molar refractivity (Wildman–Crippen MR) is 48.9 cm³/mol. The first-order valence-electron chi connectivity index (χ1n) is 5.14. The molecular formula is C10H19NO. The van der Waals surface area contributed by atoms with Crippen LogP contribution in [0.3, 0.4) is 0 Å². The van der Waals surface area contributed by atoms with Crippen molar-refractivity contribution in [2.75, 3.05) is 13.1 Å². The zero-order chi connectivity index (χ0) is 8.55. The topological polar surface area (TPSA) is 32.3 Å². The molecule has 2 nitrogen and oxygen atoms in total. The highest BCUT2D eigenvalue weighted by Gasteiger charge is 2.33. The summed E-state index contributed by atoms with van der Waals surface area (Å²) < 4.78 is 0. The Hall–Kier alpha value is -0.0800. The second-order valence-corrected chi connectivity index (χ2v) is 4.60. The highest BCUT2D eigenvalue weighted by atomic mass is 16.3. The van der Waals surface area contributed by atoms with E-state index >= 15 is 0 Å². The Labute approximate surface area is 74.4 Å². The number of aliphatic hydroxyl groups is 1. The van der Waals surface area contributed by atoms with E-state index in [1.807, 2.05) is 6.92 Å². The summed E-state index contributed by atoms with van der Waals surface area (Å²) in [7, 11) is 0. The second-order valence-electron chi connectivity index (χ2n) is 4.60. The minimum atomic E-state index is -0.0894. The summed E-state index contributed by atoms with van der Waals surface area (Å²) in [6.07, 6.45) is 3.78. The van der Waals surface area contributed by atoms with E-state index in [-0.39, 0.29) is 6.10 Å². The van der Waals surface area contributed by atoms with Crippen molar-refractivity contribution in [3.05, 3.63) is 0 Å². The van der Waals surface area contributed by atoms with Gasteiger partial charge in [0, 0.05) is 0 Å². The van der Waals surface area contributed by atoms with Gasteiger partial charge in [-0.15, -0.1) is 0 Å². The van der Waals surface area contributed by atoms with Gasteiger partial charge in [0.25, 0.3) is 0 Å². The van der Waals surface area contributed by atoms with Gasteiger partial charge in [0.2, 0.25) is 0 Å². The lowest BCUT2D eigenvalue weighted by molar-refractivity contribution is 0.0491. The van der Waals surface area contributed by atoms with Crippen LogP contribution < -0.4 is 5.32 Å². The quantitative estimate of drug-likeness (QED) is 0.614. The molecule has 12 heavy (non-hydrogen) atoms. The van der Waals surface area contributed by atoms with Gasteiger partial charge >= 0.3 is 0 Å². The molecule has 1 saturated carbocycles. The summed E-state index contributed by atoms with van der Waals surface area (Å²) in [5.74, 6) is 2.27. The predicted octanol–water partition coefficient (Wildman–Crippen LogP) is 1.00. The molecule has 1 saturated heterocycles. The van der Waals surface area contributed by atoms with Gasteiger partial charge in [-0.2, -0.15) is 0 Å². The molecule has 2 fully saturated rings. The van der Waals surface area contributed by atoms with E-state index in [4.69, 9.17) is 0 Å². The highest BCUT2D eigenvalue weighted by Crippen LogP contribution is 2.36. The maximum Gasteiger partial charge on any atom is 0.0540 e. The Morgan fingerprint density at radius 3 is 2.25 bits per heavy atom. The third-order valence-corrected chi connectivity index (χ3v) is 3.49. The Balaban J connectivity index is 1.96. The van der Waals surface area contributed by atoms with Crippen LogP contribution in [0.2, 0.25) is 0 Å². The molecule has 0 aromatic carbocycles. The van der Waals surface area contributed by atoms with Crippen LogP contribution in [0.15, 0.2) is 0 Å². The van der Waals surface area contributed by atoms with Crippen molar-refractivity contribution in [2.24, 2.45) is 17.8 Å². The molecule has 0 amide bonds. The molecule has 2 aliphatic rings. The number of nitrogens with one attached hydrogen (secondary N) is 1. The molecule has 0 aromatic rings. The first-order chi connectivity index (χ1) is 5.75. The van der Waals surface area contributed by atoms with Crippen LogP contribution in [0, 0.1) is 17.8 Å². The summed E-state index contributed by atoms with van der Waals surface area (Å²) in [5, 5.41) is 13.0. The van der Waals surface area contributed by atoms with Crippen LogP contribution in [0.5, 0.6) is 0 Å². The van der Waals surface area contributed by atoms with Crippen LogP contribution in [0.25, 0.3) is 0 Å². The average Bonchev–Trinajstić information content (AvgIpc) is 2.03. The monoisotopic (exact) mass is 169 g/mol. The van der Waals surface area contributed by atoms with Crippen LogP contribution >= 0.6 is 0 Å². The van der Waals surface area contributed by atoms with E-state index in [0.29, 0.717) is 5.92 Å². The minimum absolute atomic E-state index is 0.0894. The molecule has 4 atom stereocenters. The van der Waals surface area contributed by atoms with Gasteiger partial charge in [-0.05, 0) is 57.0 Å². The zero-order valence-corrected chi connectivity index (χ0v) is 7.79. The molecule has 0 aromatic heterocycles. The molecule has 2 heteroatoms. The Bertz CT molecular complexity index is 146. The van der Waals surface area contributed by atoms with Crippen LogP contribution in [-0.4, -0.2) is 24.3 Å². The summed E-state index contributed by atoms with van der Waals surface area (Å²) in [4.78, 5) is 0. The second kappa shape index (κ2) is 3.35. The van der Waals surface area contributed by atoms with Gasteiger partial charge in [0.05, 0.1) is 6.10 Å². The van der Waals surface area contributed by atoms with E-state index in [2.05, 4.69) is 5.32 Å². The average molecular weight is 169 g/mol. The molecular weight excluding hydrogens is 150 g/mol. The lowest BCUT2D eigenvalue weighted by atomic mass is 9.71. The van der Waals surface area contributed by atoms with E-state index < -0.39 is 0 Å². The summed E-state index contributed by atoms with van der Waals surface area (Å²) >= 11 is 0. The SMILES string of the molecule is CC(O)C1C[C@H]2CNC[C@@H](C1)C2. The van der Waals surface area contributed by atoms with Crippen molar-refractivity contribution in [3.63, 3.8) is 0 Å². The molecule has 0 spiro atoms. The van der Waals surface area contributed by atoms with E-state index in [1.165, 1.54) is 32.4 Å². The number of rotatable bonds is 1. The van der Waals surface area contributed by atoms with Gasteiger partial charge in [0.15, 0.2) is 0 Å². The fraction of sp³-hybridized carbons (Fsp3) is 1.00. The largest absolute Gasteiger partial charge is 0.393 e. The fourth-order valence-corrected chi connectivity index (χ4v) is 2.84. The Morgan fingerprint density at radius 2 is 1.75 bits per heavy atom. The van der Waals surface area contributed by atoms with Crippen molar-refractivity contribution in [3.8, 4) is 0 Å². The fourth-order valence-electron chi connectivity index (χ4n) is 2.84. The third-order valence-electron chi connectivity index (χ3n) is 3.49. The minimum Gasteiger partial charge on any atom is -0.393 e. The van der Waals surface area contributed by atoms with Gasteiger partial charge < -0.3 is 10.4 Å². The number of hydrogen-bond acceptors (Lipinski definition) is 2. The molecule has 70 valence electrons. The Morgan fingerprint density at radius 1 is 1.17 bits per heavy atom. The first-order valence-corrected chi connectivity index (χ1v) is 5.14. The van der Waals surface area contributed by atoms with Crippen molar-refractivity contribution >= 4 is 0 Å². The molecule has 0 radical (unpaired) electrons. The van der Waals surface area contributed by atoms with E-state index in [1.54, 1.807) is 0 Å². The molecule has 1 aliphatic carbocycles. The van der Waals surface area contributed by atoms with Crippen molar-refractivity contribution in [1.82, 2.24) is 5.32 Å². The first kappa shape index (κ1) is 8.52. The van der Waals surface area contributed by atoms with Gasteiger partial charge in [-0.1, -0.05) is 0 Å². The normalized spacial score (nSPS) is 44.0. The lowest BCUT2D eigenvalue weighted by Gasteiger charge is -2.40. The standard InChI is InChI=1S/C10H19NO/c1-7(12)10-3-8-2-9(4-10)6-11-5-8/h7-12H,2-6H2,1H3/t7?,8-,9+,10?. The van der Waals surface area contributed by atoms with Gasteiger partial charge in [-0.3, -0.25) is 0 Å². The lowest BCUT2D eigenvalue weighted by Crippen LogP contribution is -2.43. The third kappa shape index (κ3) is 1.64. The van der Waals surface area contributed by atoms with Crippen molar-refractivity contribution < 1.29 is 5.11 Å². The smallest absolute Gasteiger partial charge is 0.0540 e. The van der Waals surface area contributed by atoms with Crippen LogP contribution in [0.1, 0.15) is 26.2 Å². The number of aliphatic hydroxyl groups excluding tert-OH is 1. The van der Waals surface area contributed by atoms with Crippen LogP contribution in [-0.2, 0) is 0 Å². The van der Waals surface area contributed by atoms with Crippen LogP contribution in [0.4, 0.5) is 0 Å². The van der Waals surface area contributed by atoms with E-state index in [0.717, 1.165) is 11.8 Å². The van der Waals surface area contributed by atoms with Crippen molar-refractivity contribution in [1.29, 1.82) is 0 Å². The molecule has 2 N–H and O–H groups in total. The Kier molecular flexibility index (Phi) is 2.37. The van der Waals surface area contributed by atoms with Gasteiger partial charge in [0.1, 0.15) is 0 Å².